The number of halogens is 1. The fourth-order valence-corrected chi connectivity index (χ4v) is 2.28. The van der Waals surface area contributed by atoms with E-state index >= 15 is 0 Å². The van der Waals surface area contributed by atoms with Crippen molar-refractivity contribution in [3.8, 4) is 0 Å². The van der Waals surface area contributed by atoms with Crippen LogP contribution >= 0.6 is 15.9 Å². The monoisotopic (exact) mass is 276 g/mol. The minimum atomic E-state index is 0.441. The SMILES string of the molecule is CCCCCCCCCC(Br)(CC)CC. The van der Waals surface area contributed by atoms with E-state index in [1.807, 2.05) is 0 Å². The lowest BCUT2D eigenvalue weighted by molar-refractivity contribution is 0.476. The minimum absolute atomic E-state index is 0.441. The highest BCUT2D eigenvalue weighted by Gasteiger charge is 2.20. The predicted molar refractivity (Wildman–Crippen MR) is 74.9 cm³/mol. The predicted octanol–water partition coefficient (Wildman–Crippen LogP) is 6.08. The van der Waals surface area contributed by atoms with Crippen LogP contribution < -0.4 is 0 Å². The second-order valence-electron chi connectivity index (χ2n) is 4.73. The van der Waals surface area contributed by atoms with Crippen LogP contribution in [0.5, 0.6) is 0 Å². The van der Waals surface area contributed by atoms with Crippen LogP contribution in [0.3, 0.4) is 0 Å². The van der Waals surface area contributed by atoms with Crippen molar-refractivity contribution in [1.29, 1.82) is 0 Å². The molecule has 0 aliphatic heterocycles. The molecule has 15 heavy (non-hydrogen) atoms. The Balaban J connectivity index is 3.29. The molecule has 0 aliphatic rings. The Bertz CT molecular complexity index is 127. The second-order valence-corrected chi connectivity index (χ2v) is 6.41. The Morgan fingerprint density at radius 1 is 0.733 bits per heavy atom. The van der Waals surface area contributed by atoms with E-state index in [2.05, 4.69) is 36.7 Å². The van der Waals surface area contributed by atoms with Gasteiger partial charge in [0.15, 0.2) is 0 Å². The fraction of sp³-hybridized carbons (Fsp3) is 1.00. The van der Waals surface area contributed by atoms with Crippen molar-refractivity contribution < 1.29 is 0 Å². The molecule has 0 heterocycles. The molecule has 92 valence electrons. The molecule has 0 radical (unpaired) electrons. The molecule has 0 aromatic rings. The topological polar surface area (TPSA) is 0 Å². The summed E-state index contributed by atoms with van der Waals surface area (Å²) in [6, 6.07) is 0. The van der Waals surface area contributed by atoms with Crippen molar-refractivity contribution in [2.24, 2.45) is 0 Å². The van der Waals surface area contributed by atoms with E-state index in [-0.39, 0.29) is 0 Å². The van der Waals surface area contributed by atoms with Gasteiger partial charge in [0.2, 0.25) is 0 Å². The number of hydrogen-bond acceptors (Lipinski definition) is 0. The van der Waals surface area contributed by atoms with Gasteiger partial charge in [-0.25, -0.2) is 0 Å². The van der Waals surface area contributed by atoms with Crippen LogP contribution in [0.25, 0.3) is 0 Å². The molecule has 0 atom stereocenters. The van der Waals surface area contributed by atoms with Crippen molar-refractivity contribution in [2.75, 3.05) is 0 Å². The molecule has 1 heteroatoms. The normalized spacial score (nSPS) is 12.0. The highest BCUT2D eigenvalue weighted by Crippen LogP contribution is 2.32. The van der Waals surface area contributed by atoms with Gasteiger partial charge in [-0.2, -0.15) is 0 Å². The van der Waals surface area contributed by atoms with Crippen molar-refractivity contribution >= 4 is 15.9 Å². The molecule has 0 saturated carbocycles. The Labute approximate surface area is 105 Å². The van der Waals surface area contributed by atoms with E-state index in [1.165, 1.54) is 64.2 Å². The molecular weight excluding hydrogens is 248 g/mol. The molecule has 0 saturated heterocycles. The van der Waals surface area contributed by atoms with Crippen LogP contribution in [0.2, 0.25) is 0 Å². The Hall–Kier alpha value is 0.480. The van der Waals surface area contributed by atoms with Crippen LogP contribution in [-0.2, 0) is 0 Å². The number of rotatable bonds is 10. The van der Waals surface area contributed by atoms with Gasteiger partial charge >= 0.3 is 0 Å². The van der Waals surface area contributed by atoms with Crippen LogP contribution in [0.1, 0.15) is 85.0 Å². The zero-order valence-corrected chi connectivity index (χ0v) is 12.5. The molecule has 0 bridgehead atoms. The van der Waals surface area contributed by atoms with Gasteiger partial charge in [0.25, 0.3) is 0 Å². The first kappa shape index (κ1) is 15.5. The lowest BCUT2D eigenvalue weighted by Gasteiger charge is -2.24. The van der Waals surface area contributed by atoms with Crippen LogP contribution in [0.4, 0.5) is 0 Å². The Morgan fingerprint density at radius 3 is 1.67 bits per heavy atom. The summed E-state index contributed by atoms with van der Waals surface area (Å²) in [7, 11) is 0. The quantitative estimate of drug-likeness (QED) is 0.335. The molecule has 0 unspecified atom stereocenters. The van der Waals surface area contributed by atoms with Crippen molar-refractivity contribution in [3.05, 3.63) is 0 Å². The van der Waals surface area contributed by atoms with Gasteiger partial charge < -0.3 is 0 Å². The van der Waals surface area contributed by atoms with Gasteiger partial charge in [-0.05, 0) is 19.3 Å². The maximum atomic E-state index is 3.88. The third kappa shape index (κ3) is 8.30. The van der Waals surface area contributed by atoms with E-state index in [0.717, 1.165) is 0 Å². The third-order valence-corrected chi connectivity index (χ3v) is 5.01. The van der Waals surface area contributed by atoms with Crippen molar-refractivity contribution in [2.45, 2.75) is 89.3 Å². The Morgan fingerprint density at radius 2 is 1.20 bits per heavy atom. The molecule has 0 nitrogen and oxygen atoms in total. The molecule has 0 fully saturated rings. The molecule has 0 aromatic carbocycles. The number of alkyl halides is 1. The van der Waals surface area contributed by atoms with Gasteiger partial charge in [-0.1, -0.05) is 81.6 Å². The van der Waals surface area contributed by atoms with Crippen molar-refractivity contribution in [1.82, 2.24) is 0 Å². The van der Waals surface area contributed by atoms with E-state index in [0.29, 0.717) is 4.32 Å². The summed E-state index contributed by atoms with van der Waals surface area (Å²) in [6.07, 6.45) is 13.8. The van der Waals surface area contributed by atoms with Crippen LogP contribution in [-0.4, -0.2) is 4.32 Å². The van der Waals surface area contributed by atoms with E-state index in [4.69, 9.17) is 0 Å². The number of hydrogen-bond donors (Lipinski definition) is 0. The van der Waals surface area contributed by atoms with E-state index in [1.54, 1.807) is 0 Å². The Kier molecular flexibility index (Phi) is 10.00. The first-order valence-electron chi connectivity index (χ1n) is 6.87. The lowest BCUT2D eigenvalue weighted by atomic mass is 9.95. The molecule has 0 N–H and O–H groups in total. The van der Waals surface area contributed by atoms with E-state index in [9.17, 15) is 0 Å². The summed E-state index contributed by atoms with van der Waals surface area (Å²) in [6.45, 7) is 6.86. The number of unbranched alkanes of at least 4 members (excludes halogenated alkanes) is 6. The highest BCUT2D eigenvalue weighted by atomic mass is 79.9. The smallest absolute Gasteiger partial charge is 0.0252 e. The van der Waals surface area contributed by atoms with Gasteiger partial charge in [0.1, 0.15) is 0 Å². The molecule has 0 aliphatic carbocycles. The minimum Gasteiger partial charge on any atom is -0.0854 e. The van der Waals surface area contributed by atoms with Gasteiger partial charge in [0.05, 0.1) is 0 Å². The lowest BCUT2D eigenvalue weighted by Crippen LogP contribution is -2.17. The largest absolute Gasteiger partial charge is 0.0854 e. The summed E-state index contributed by atoms with van der Waals surface area (Å²) in [4.78, 5) is 0. The highest BCUT2D eigenvalue weighted by molar-refractivity contribution is 9.10. The maximum Gasteiger partial charge on any atom is 0.0252 e. The summed E-state index contributed by atoms with van der Waals surface area (Å²) in [5.74, 6) is 0. The van der Waals surface area contributed by atoms with Gasteiger partial charge in [0, 0.05) is 4.32 Å². The second kappa shape index (κ2) is 9.69. The summed E-state index contributed by atoms with van der Waals surface area (Å²) in [5.41, 5.74) is 0. The van der Waals surface area contributed by atoms with E-state index < -0.39 is 0 Å². The fourth-order valence-electron chi connectivity index (χ4n) is 2.00. The first-order valence-corrected chi connectivity index (χ1v) is 7.66. The summed E-state index contributed by atoms with van der Waals surface area (Å²) < 4.78 is 0.441. The average Bonchev–Trinajstić information content (AvgIpc) is 2.27. The van der Waals surface area contributed by atoms with Crippen LogP contribution in [0, 0.1) is 0 Å². The average molecular weight is 277 g/mol. The van der Waals surface area contributed by atoms with Crippen LogP contribution in [0.15, 0.2) is 0 Å². The molecule has 0 amide bonds. The van der Waals surface area contributed by atoms with Gasteiger partial charge in [-0.15, -0.1) is 0 Å². The zero-order chi connectivity index (χ0) is 11.6. The summed E-state index contributed by atoms with van der Waals surface area (Å²) >= 11 is 3.88. The molecular formula is C14H29Br. The third-order valence-electron chi connectivity index (χ3n) is 3.50. The van der Waals surface area contributed by atoms with Gasteiger partial charge in [-0.3, -0.25) is 0 Å². The van der Waals surface area contributed by atoms with Crippen molar-refractivity contribution in [3.63, 3.8) is 0 Å². The maximum absolute atomic E-state index is 3.88. The zero-order valence-electron chi connectivity index (χ0n) is 10.9. The standard InChI is InChI=1S/C14H29Br/c1-4-7-8-9-10-11-12-13-14(15,5-2)6-3/h4-13H2,1-3H3. The molecule has 0 aromatic heterocycles. The molecule has 0 rings (SSSR count). The first-order chi connectivity index (χ1) is 7.18. The molecule has 0 spiro atoms. The summed E-state index contributed by atoms with van der Waals surface area (Å²) in [5, 5.41) is 0.